The van der Waals surface area contributed by atoms with E-state index in [9.17, 15) is 48.6 Å². The highest BCUT2D eigenvalue weighted by molar-refractivity contribution is 5.95. The lowest BCUT2D eigenvalue weighted by Crippen LogP contribution is -2.42. The molecule has 0 spiro atoms. The van der Waals surface area contributed by atoms with Crippen LogP contribution in [-0.2, 0) is 46.3 Å². The van der Waals surface area contributed by atoms with Gasteiger partial charge < -0.3 is 76.8 Å². The van der Waals surface area contributed by atoms with Gasteiger partial charge >= 0.3 is 35.8 Å². The molecule has 4 aromatic carbocycles. The largest absolute Gasteiger partial charge is 0.491 e. The summed E-state index contributed by atoms with van der Waals surface area (Å²) < 4.78 is 28.7. The van der Waals surface area contributed by atoms with Crippen LogP contribution < -0.4 is 51.7 Å². The number of carboxylic acid groups (broad SMARTS) is 4. The van der Waals surface area contributed by atoms with Crippen LogP contribution in [0.1, 0.15) is 57.5 Å². The molecule has 0 radical (unpaired) electrons. The summed E-state index contributed by atoms with van der Waals surface area (Å²) in [6.07, 6.45) is -2.27. The summed E-state index contributed by atoms with van der Waals surface area (Å²) in [7, 11) is 0. The van der Waals surface area contributed by atoms with Gasteiger partial charge in [0.15, 0.2) is 11.9 Å². The highest BCUT2D eigenvalue weighted by atomic mass is 16.6. The van der Waals surface area contributed by atoms with Gasteiger partial charge in [0.05, 0.1) is 37.2 Å². The molecule has 2 atom stereocenters. The van der Waals surface area contributed by atoms with Crippen molar-refractivity contribution in [3.8, 4) is 23.0 Å². The van der Waals surface area contributed by atoms with Crippen LogP contribution in [0.15, 0.2) is 84.9 Å². The van der Waals surface area contributed by atoms with E-state index < -0.39 is 72.6 Å². The van der Waals surface area contributed by atoms with Crippen molar-refractivity contribution in [2.75, 3.05) is 37.1 Å². The van der Waals surface area contributed by atoms with Crippen molar-refractivity contribution in [3.05, 3.63) is 107 Å². The Morgan fingerprint density at radius 2 is 0.887 bits per heavy atom. The minimum Gasteiger partial charge on any atom is -0.491 e. The smallest absolute Gasteiger partial charge is 0.343 e. The van der Waals surface area contributed by atoms with Crippen LogP contribution in [0.25, 0.3) is 0 Å². The molecule has 4 rings (SSSR count). The first-order valence-electron chi connectivity index (χ1n) is 21.2. The number of aliphatic carboxylic acids is 4. The number of esters is 2. The first-order valence-corrected chi connectivity index (χ1v) is 21.2. The van der Waals surface area contributed by atoms with E-state index >= 15 is 0 Å². The van der Waals surface area contributed by atoms with Gasteiger partial charge in [-0.1, -0.05) is 12.1 Å². The number of carbonyl (C=O) groups excluding carboxylic acids is 4. The molecular formula is C46H50N8O17. The zero-order valence-corrected chi connectivity index (χ0v) is 37.6. The Hall–Kier alpha value is -9.26. The Kier molecular flexibility index (Phi) is 20.6. The summed E-state index contributed by atoms with van der Waals surface area (Å²) in [5, 5.41) is 61.0. The topological polar surface area (TPSA) is 411 Å². The summed E-state index contributed by atoms with van der Waals surface area (Å²) in [5.74, 6) is -9.09. The number of amides is 2. The van der Waals surface area contributed by atoms with E-state index in [0.717, 1.165) is 0 Å². The van der Waals surface area contributed by atoms with Crippen LogP contribution in [0.3, 0.4) is 0 Å². The molecule has 0 aliphatic rings. The third-order valence-electron chi connectivity index (χ3n) is 9.53. The molecule has 0 aliphatic heterocycles. The number of nitrogens with one attached hydrogen (secondary N) is 6. The minimum absolute atomic E-state index is 0.0141. The molecule has 0 saturated heterocycles. The van der Waals surface area contributed by atoms with Gasteiger partial charge in [0.25, 0.3) is 0 Å². The van der Waals surface area contributed by atoms with Crippen molar-refractivity contribution in [1.82, 2.24) is 10.6 Å². The first kappa shape index (κ1) is 54.3. The second kappa shape index (κ2) is 26.9. The Morgan fingerprint density at radius 1 is 0.521 bits per heavy atom. The third kappa shape index (κ3) is 19.1. The van der Waals surface area contributed by atoms with E-state index in [1.165, 1.54) is 84.9 Å². The molecule has 71 heavy (non-hydrogen) atoms. The fourth-order valence-electron chi connectivity index (χ4n) is 6.20. The number of hydrogen-bond donors (Lipinski definition) is 12. The Morgan fingerprint density at radius 3 is 1.21 bits per heavy atom. The summed E-state index contributed by atoms with van der Waals surface area (Å²) in [6.45, 7) is -0.290. The maximum Gasteiger partial charge on any atom is 0.343 e. The summed E-state index contributed by atoms with van der Waals surface area (Å²) >= 11 is 0. The second-order valence-electron chi connectivity index (χ2n) is 15.0. The number of benzene rings is 4. The molecule has 0 saturated carbocycles. The van der Waals surface area contributed by atoms with Crippen molar-refractivity contribution in [3.63, 3.8) is 0 Å². The first-order chi connectivity index (χ1) is 33.8. The van der Waals surface area contributed by atoms with E-state index in [-0.39, 0.29) is 98.2 Å². The van der Waals surface area contributed by atoms with E-state index in [4.69, 9.17) is 56.2 Å². The fraction of sp³-hybridized carbons (Fsp3) is 0.261. The van der Waals surface area contributed by atoms with Gasteiger partial charge in [-0.05, 0) is 84.6 Å². The lowest BCUT2D eigenvalue weighted by molar-refractivity contribution is -0.147. The Balaban J connectivity index is 1.43. The predicted octanol–water partition coefficient (Wildman–Crippen LogP) is 2.16. The average Bonchev–Trinajstić information content (AvgIpc) is 3.29. The number of carbonyl (C=O) groups is 8. The second-order valence-corrected chi connectivity index (χ2v) is 15.0. The van der Waals surface area contributed by atoms with Gasteiger partial charge in [0.1, 0.15) is 48.3 Å². The van der Waals surface area contributed by atoms with Gasteiger partial charge in [-0.15, -0.1) is 0 Å². The highest BCUT2D eigenvalue weighted by Gasteiger charge is 2.25. The third-order valence-corrected chi connectivity index (χ3v) is 9.53. The van der Waals surface area contributed by atoms with Crippen LogP contribution in [0.4, 0.5) is 11.4 Å². The quantitative estimate of drug-likeness (QED) is 0.0127. The number of nitrogens with two attached hydrogens (primary N) is 2. The zero-order chi connectivity index (χ0) is 52.0. The number of rotatable bonds is 28. The SMILES string of the molecule is N=C(N)Nc1ccc(C(=O)Oc2ccc(CCC(=O)NC(CC(=O)O)C(=O)O)c(OCCOCCOc3cc(OC(=O)c4ccc(NC(=N)N)cc4)ccc3CCC(=O)NC(CC(=O)O)C(=O)O)c2)cc1. The van der Waals surface area contributed by atoms with Crippen molar-refractivity contribution >= 4 is 70.9 Å². The predicted molar refractivity (Wildman–Crippen MR) is 249 cm³/mol. The van der Waals surface area contributed by atoms with Gasteiger partial charge in [-0.2, -0.15) is 0 Å². The van der Waals surface area contributed by atoms with E-state index in [1.807, 2.05) is 0 Å². The van der Waals surface area contributed by atoms with Crippen LogP contribution in [0.2, 0.25) is 0 Å². The summed E-state index contributed by atoms with van der Waals surface area (Å²) in [4.78, 5) is 96.5. The standard InChI is InChI=1S/C46H50N8O17/c47-45(48)51-29-9-1-27(2-10-29)43(65)70-31-13-5-25(7-15-37(55)53-33(41(61)62)23-39(57)58)35(21-31)68-19-17-67-18-20-69-36-22-32(71-44(66)28-3-11-30(12-4-28)52-46(49)50)14-6-26(36)8-16-38(56)54-34(42(63)64)24-40(59)60/h1-6,9-14,21-22,33-34H,7-8,15-20,23-24H2,(H,53,55)(H,54,56)(H,57,58)(H,59,60)(H,61,62)(H,63,64)(H4,47,48,51)(H4,49,50,52). The number of guanidine groups is 2. The van der Waals surface area contributed by atoms with Crippen LogP contribution in [0, 0.1) is 10.8 Å². The molecule has 376 valence electrons. The molecule has 25 nitrogen and oxygen atoms in total. The maximum absolute atomic E-state index is 13.0. The van der Waals surface area contributed by atoms with E-state index in [0.29, 0.717) is 22.5 Å². The van der Waals surface area contributed by atoms with Crippen molar-refractivity contribution < 1.29 is 82.5 Å². The monoisotopic (exact) mass is 986 g/mol. The van der Waals surface area contributed by atoms with E-state index in [1.54, 1.807) is 0 Å². The Labute approximate surface area is 403 Å². The van der Waals surface area contributed by atoms with Crippen LogP contribution >= 0.6 is 0 Å². The molecule has 4 aromatic rings. The van der Waals surface area contributed by atoms with Crippen molar-refractivity contribution in [2.45, 2.75) is 50.6 Å². The fourth-order valence-corrected chi connectivity index (χ4v) is 6.20. The molecule has 0 aliphatic carbocycles. The van der Waals surface area contributed by atoms with Gasteiger partial charge in [-0.25, -0.2) is 19.2 Å². The summed E-state index contributed by atoms with van der Waals surface area (Å²) in [6, 6.07) is 17.2. The molecule has 25 heteroatoms. The minimum atomic E-state index is -1.66. The number of ether oxygens (including phenoxy) is 5. The Bertz CT molecular complexity index is 2430. The maximum atomic E-state index is 13.0. The zero-order valence-electron chi connectivity index (χ0n) is 37.6. The molecule has 2 unspecified atom stereocenters. The van der Waals surface area contributed by atoms with Gasteiger partial charge in [0.2, 0.25) is 11.8 Å². The lowest BCUT2D eigenvalue weighted by Gasteiger charge is -2.16. The average molecular weight is 987 g/mol. The van der Waals surface area contributed by atoms with Gasteiger partial charge in [-0.3, -0.25) is 30.0 Å². The highest BCUT2D eigenvalue weighted by Crippen LogP contribution is 2.29. The van der Waals surface area contributed by atoms with Crippen molar-refractivity contribution in [1.29, 1.82) is 10.8 Å². The number of aryl methyl sites for hydroxylation is 2. The van der Waals surface area contributed by atoms with Crippen LogP contribution in [0.5, 0.6) is 23.0 Å². The number of carboxylic acids is 4. The number of hydrogen-bond acceptors (Lipinski definition) is 15. The van der Waals surface area contributed by atoms with Crippen molar-refractivity contribution in [2.24, 2.45) is 11.5 Å². The molecule has 0 fully saturated rings. The molecule has 0 aromatic heterocycles. The number of anilines is 2. The van der Waals surface area contributed by atoms with E-state index in [2.05, 4.69) is 21.3 Å². The van der Waals surface area contributed by atoms with Gasteiger partial charge in [0, 0.05) is 36.3 Å². The molecule has 0 heterocycles. The molecule has 0 bridgehead atoms. The van der Waals surface area contributed by atoms with Crippen LogP contribution in [-0.4, -0.2) is 118 Å². The summed E-state index contributed by atoms with van der Waals surface area (Å²) in [5.41, 5.74) is 12.8. The molecule has 2 amide bonds. The normalized spacial score (nSPS) is 11.4. The molecule has 14 N–H and O–H groups in total. The molecular weight excluding hydrogens is 937 g/mol. The lowest BCUT2D eigenvalue weighted by atomic mass is 10.1.